The van der Waals surface area contributed by atoms with E-state index in [4.69, 9.17) is 4.74 Å². The Bertz CT molecular complexity index is 1020. The number of aryl methyl sites for hydroxylation is 2. The molecule has 1 amide bonds. The molecule has 0 unspecified atom stereocenters. The Morgan fingerprint density at radius 3 is 2.43 bits per heavy atom. The first-order valence-corrected chi connectivity index (χ1v) is 10.5. The molecule has 0 aliphatic carbocycles. The highest BCUT2D eigenvalue weighted by molar-refractivity contribution is 9.10. The van der Waals surface area contributed by atoms with Crippen LogP contribution in [0.3, 0.4) is 0 Å². The number of benzene rings is 2. The Balaban J connectivity index is 2.01. The van der Waals surface area contributed by atoms with Gasteiger partial charge in [0, 0.05) is 21.0 Å². The Labute approximate surface area is 176 Å². The van der Waals surface area contributed by atoms with E-state index in [1.807, 2.05) is 31.4 Å². The van der Waals surface area contributed by atoms with E-state index in [9.17, 15) is 9.59 Å². The fraction of sp³-hybridized carbons (Fsp3) is 0.182. The lowest BCUT2D eigenvalue weighted by atomic mass is 9.97. The molecule has 1 N–H and O–H groups in total. The fourth-order valence-electron chi connectivity index (χ4n) is 2.95. The minimum absolute atomic E-state index is 0.265. The number of carbonyl (C=O) groups is 2. The number of nitrogens with one attached hydrogen (secondary N) is 1. The first-order valence-electron chi connectivity index (χ1n) is 8.84. The quantitative estimate of drug-likeness (QED) is 0.462. The van der Waals surface area contributed by atoms with Crippen molar-refractivity contribution in [3.8, 4) is 11.1 Å². The monoisotopic (exact) mass is 457 g/mol. The van der Waals surface area contributed by atoms with Crippen LogP contribution in [0.5, 0.6) is 0 Å². The number of carbonyl (C=O) groups excluding carboxylic acids is 2. The second-order valence-electron chi connectivity index (χ2n) is 6.35. The Hall–Kier alpha value is -2.44. The van der Waals surface area contributed by atoms with Crippen molar-refractivity contribution in [3.05, 3.63) is 74.6 Å². The first-order chi connectivity index (χ1) is 13.4. The molecule has 0 saturated heterocycles. The van der Waals surface area contributed by atoms with Gasteiger partial charge in [-0.2, -0.15) is 0 Å². The van der Waals surface area contributed by atoms with Crippen LogP contribution in [0, 0.1) is 13.8 Å². The number of halogens is 1. The van der Waals surface area contributed by atoms with Crippen LogP contribution < -0.4 is 5.32 Å². The summed E-state index contributed by atoms with van der Waals surface area (Å²) in [7, 11) is 0. The average Bonchev–Trinajstić information content (AvgIpc) is 3.05. The number of rotatable bonds is 5. The van der Waals surface area contributed by atoms with Crippen LogP contribution in [0.4, 0.5) is 5.00 Å². The molecule has 3 rings (SSSR count). The van der Waals surface area contributed by atoms with E-state index in [0.717, 1.165) is 26.7 Å². The van der Waals surface area contributed by atoms with Crippen molar-refractivity contribution < 1.29 is 14.3 Å². The van der Waals surface area contributed by atoms with Crippen molar-refractivity contribution in [1.82, 2.24) is 0 Å². The standard InChI is InChI=1S/C22H20BrNO3S/c1-4-27-22(26)19-18(17-10-5-13(2)11-14(17)3)12-28-21(19)24-20(25)15-6-8-16(23)9-7-15/h5-12H,4H2,1-3H3,(H,24,25). The zero-order valence-corrected chi connectivity index (χ0v) is 18.2. The second kappa shape index (κ2) is 8.71. The first kappa shape index (κ1) is 20.3. The number of thiophene rings is 1. The number of amides is 1. The van der Waals surface area contributed by atoms with Gasteiger partial charge < -0.3 is 10.1 Å². The third kappa shape index (κ3) is 4.34. The van der Waals surface area contributed by atoms with Crippen LogP contribution in [-0.4, -0.2) is 18.5 Å². The topological polar surface area (TPSA) is 55.4 Å². The Morgan fingerprint density at radius 1 is 1.07 bits per heavy atom. The molecule has 3 aromatic rings. The predicted octanol–water partition coefficient (Wildman–Crippen LogP) is 6.22. The Kier molecular flexibility index (Phi) is 6.31. The SMILES string of the molecule is CCOC(=O)c1c(-c2ccc(C)cc2C)csc1NC(=O)c1ccc(Br)cc1. The smallest absolute Gasteiger partial charge is 0.341 e. The maximum Gasteiger partial charge on any atom is 0.341 e. The number of anilines is 1. The van der Waals surface area contributed by atoms with Gasteiger partial charge in [-0.25, -0.2) is 4.79 Å². The van der Waals surface area contributed by atoms with Gasteiger partial charge in [0.05, 0.1) is 6.61 Å². The second-order valence-corrected chi connectivity index (χ2v) is 8.15. The van der Waals surface area contributed by atoms with Gasteiger partial charge in [-0.15, -0.1) is 11.3 Å². The largest absolute Gasteiger partial charge is 0.462 e. The van der Waals surface area contributed by atoms with Crippen LogP contribution in [0.1, 0.15) is 38.8 Å². The molecule has 28 heavy (non-hydrogen) atoms. The van der Waals surface area contributed by atoms with Crippen molar-refractivity contribution in [1.29, 1.82) is 0 Å². The number of hydrogen-bond donors (Lipinski definition) is 1. The van der Waals surface area contributed by atoms with Gasteiger partial charge in [0.1, 0.15) is 10.6 Å². The molecule has 0 bridgehead atoms. The van der Waals surface area contributed by atoms with Gasteiger partial charge in [0.15, 0.2) is 0 Å². The molecule has 0 aliphatic rings. The van der Waals surface area contributed by atoms with Crippen molar-refractivity contribution >= 4 is 44.1 Å². The summed E-state index contributed by atoms with van der Waals surface area (Å²) in [6, 6.07) is 13.1. The minimum atomic E-state index is -0.440. The van der Waals surface area contributed by atoms with Gasteiger partial charge in [-0.1, -0.05) is 39.7 Å². The summed E-state index contributed by atoms with van der Waals surface area (Å²) in [5.41, 5.74) is 4.84. The van der Waals surface area contributed by atoms with Crippen LogP contribution >= 0.6 is 27.3 Å². The molecule has 0 atom stereocenters. The van der Waals surface area contributed by atoms with E-state index in [1.165, 1.54) is 11.3 Å². The summed E-state index contributed by atoms with van der Waals surface area (Å²) in [5.74, 6) is -0.711. The van der Waals surface area contributed by atoms with Gasteiger partial charge in [-0.05, 0) is 56.2 Å². The number of ether oxygens (including phenoxy) is 1. The minimum Gasteiger partial charge on any atom is -0.462 e. The summed E-state index contributed by atoms with van der Waals surface area (Å²) >= 11 is 4.68. The summed E-state index contributed by atoms with van der Waals surface area (Å²) in [6.07, 6.45) is 0. The van der Waals surface area contributed by atoms with E-state index >= 15 is 0 Å². The Morgan fingerprint density at radius 2 is 1.79 bits per heavy atom. The lowest BCUT2D eigenvalue weighted by Crippen LogP contribution is -2.14. The third-order valence-corrected chi connectivity index (χ3v) is 5.70. The maximum atomic E-state index is 12.7. The van der Waals surface area contributed by atoms with E-state index in [1.54, 1.807) is 31.2 Å². The molecule has 0 radical (unpaired) electrons. The molecular weight excluding hydrogens is 438 g/mol. The molecular formula is C22H20BrNO3S. The molecule has 6 heteroatoms. The van der Waals surface area contributed by atoms with Crippen LogP contribution in [-0.2, 0) is 4.74 Å². The molecule has 0 spiro atoms. The van der Waals surface area contributed by atoms with Gasteiger partial charge >= 0.3 is 5.97 Å². The molecule has 4 nitrogen and oxygen atoms in total. The van der Waals surface area contributed by atoms with Gasteiger partial charge in [0.2, 0.25) is 0 Å². The fourth-order valence-corrected chi connectivity index (χ4v) is 4.15. The summed E-state index contributed by atoms with van der Waals surface area (Å²) < 4.78 is 6.16. The molecule has 0 fully saturated rings. The van der Waals surface area contributed by atoms with Crippen LogP contribution in [0.15, 0.2) is 52.3 Å². The highest BCUT2D eigenvalue weighted by Crippen LogP contribution is 2.38. The van der Waals surface area contributed by atoms with Gasteiger partial charge in [0.25, 0.3) is 5.91 Å². The summed E-state index contributed by atoms with van der Waals surface area (Å²) in [5, 5.41) is 5.25. The molecule has 0 aliphatic heterocycles. The van der Waals surface area contributed by atoms with Crippen molar-refractivity contribution in [2.45, 2.75) is 20.8 Å². The van der Waals surface area contributed by atoms with E-state index in [-0.39, 0.29) is 12.5 Å². The van der Waals surface area contributed by atoms with E-state index < -0.39 is 5.97 Å². The van der Waals surface area contributed by atoms with Crippen molar-refractivity contribution in [3.63, 3.8) is 0 Å². The van der Waals surface area contributed by atoms with Crippen LogP contribution in [0.2, 0.25) is 0 Å². The number of esters is 1. The zero-order valence-electron chi connectivity index (χ0n) is 15.8. The van der Waals surface area contributed by atoms with E-state index in [0.29, 0.717) is 16.1 Å². The molecule has 1 aromatic heterocycles. The molecule has 144 valence electrons. The lowest BCUT2D eigenvalue weighted by Gasteiger charge is -2.11. The summed E-state index contributed by atoms with van der Waals surface area (Å²) in [4.78, 5) is 25.3. The third-order valence-electron chi connectivity index (χ3n) is 4.28. The molecule has 1 heterocycles. The maximum absolute atomic E-state index is 12.7. The van der Waals surface area contributed by atoms with Crippen molar-refractivity contribution in [2.75, 3.05) is 11.9 Å². The molecule has 0 saturated carbocycles. The highest BCUT2D eigenvalue weighted by atomic mass is 79.9. The lowest BCUT2D eigenvalue weighted by molar-refractivity contribution is 0.0529. The average molecular weight is 458 g/mol. The van der Waals surface area contributed by atoms with E-state index in [2.05, 4.69) is 27.3 Å². The van der Waals surface area contributed by atoms with Crippen LogP contribution in [0.25, 0.3) is 11.1 Å². The van der Waals surface area contributed by atoms with Gasteiger partial charge in [-0.3, -0.25) is 4.79 Å². The normalized spacial score (nSPS) is 10.6. The predicted molar refractivity (Wildman–Crippen MR) is 117 cm³/mol. The zero-order chi connectivity index (χ0) is 20.3. The number of hydrogen-bond acceptors (Lipinski definition) is 4. The van der Waals surface area contributed by atoms with Crippen molar-refractivity contribution in [2.24, 2.45) is 0 Å². The summed E-state index contributed by atoms with van der Waals surface area (Å²) in [6.45, 7) is 6.07. The molecule has 2 aromatic carbocycles. The highest BCUT2D eigenvalue weighted by Gasteiger charge is 2.24.